The first kappa shape index (κ1) is 14.8. The predicted octanol–water partition coefficient (Wildman–Crippen LogP) is 1.78. The Morgan fingerprint density at radius 2 is 1.90 bits per heavy atom. The smallest absolute Gasteiger partial charge is 0.305 e. The number of aliphatic carboxylic acids is 1. The highest BCUT2D eigenvalue weighted by molar-refractivity contribution is 5.93. The Labute approximate surface area is 122 Å². The van der Waals surface area contributed by atoms with Crippen LogP contribution in [0.1, 0.15) is 12.8 Å². The highest BCUT2D eigenvalue weighted by atomic mass is 16.4. The molecule has 0 spiro atoms. The van der Waals surface area contributed by atoms with E-state index in [2.05, 4.69) is 5.10 Å². The van der Waals surface area contributed by atoms with Crippen LogP contribution in [0.25, 0.3) is 0 Å². The van der Waals surface area contributed by atoms with Crippen molar-refractivity contribution in [1.82, 2.24) is 9.78 Å². The number of carbonyl (C=O) groups is 2. The fourth-order valence-corrected chi connectivity index (χ4v) is 1.99. The second-order valence-corrected chi connectivity index (χ2v) is 4.54. The van der Waals surface area contributed by atoms with E-state index in [1.54, 1.807) is 35.3 Å². The van der Waals surface area contributed by atoms with Crippen molar-refractivity contribution >= 4 is 17.6 Å². The van der Waals surface area contributed by atoms with Crippen molar-refractivity contribution in [3.63, 3.8) is 0 Å². The first-order valence-electron chi connectivity index (χ1n) is 6.71. The van der Waals surface area contributed by atoms with Crippen LogP contribution < -0.4 is 4.90 Å². The Morgan fingerprint density at radius 1 is 1.14 bits per heavy atom. The van der Waals surface area contributed by atoms with Gasteiger partial charge in [-0.1, -0.05) is 18.2 Å². The topological polar surface area (TPSA) is 75.4 Å². The molecule has 1 aromatic carbocycles. The summed E-state index contributed by atoms with van der Waals surface area (Å²) in [6.07, 6.45) is 3.64. The zero-order chi connectivity index (χ0) is 15.1. The maximum atomic E-state index is 12.3. The van der Waals surface area contributed by atoms with E-state index in [1.165, 1.54) is 4.90 Å². The molecule has 2 rings (SSSR count). The van der Waals surface area contributed by atoms with Crippen molar-refractivity contribution in [2.75, 3.05) is 11.4 Å². The number of hydrogen-bond donors (Lipinski definition) is 1. The summed E-state index contributed by atoms with van der Waals surface area (Å²) >= 11 is 0. The van der Waals surface area contributed by atoms with Gasteiger partial charge in [0.15, 0.2) is 0 Å². The molecule has 0 atom stereocenters. The van der Waals surface area contributed by atoms with Crippen molar-refractivity contribution in [3.8, 4) is 0 Å². The second kappa shape index (κ2) is 7.23. The van der Waals surface area contributed by atoms with Gasteiger partial charge in [-0.2, -0.15) is 5.10 Å². The number of para-hydroxylation sites is 1. The number of hydrogen-bond acceptors (Lipinski definition) is 3. The summed E-state index contributed by atoms with van der Waals surface area (Å²) in [5.41, 5.74) is 0.712. The monoisotopic (exact) mass is 287 g/mol. The van der Waals surface area contributed by atoms with Gasteiger partial charge in [-0.05, 0) is 18.2 Å². The van der Waals surface area contributed by atoms with E-state index < -0.39 is 5.97 Å². The van der Waals surface area contributed by atoms with Crippen LogP contribution in [0, 0.1) is 0 Å². The average molecular weight is 287 g/mol. The summed E-state index contributed by atoms with van der Waals surface area (Å²) in [5.74, 6) is -1.03. The third kappa shape index (κ3) is 4.45. The lowest BCUT2D eigenvalue weighted by atomic mass is 10.2. The molecule has 0 saturated heterocycles. The van der Waals surface area contributed by atoms with Crippen molar-refractivity contribution in [1.29, 1.82) is 0 Å². The molecule has 0 aliphatic heterocycles. The Hall–Kier alpha value is -2.63. The molecule has 0 bridgehead atoms. The molecular formula is C15H17N3O3. The third-order valence-corrected chi connectivity index (χ3v) is 3.03. The molecule has 1 aromatic heterocycles. The molecule has 0 aliphatic rings. The molecule has 1 N–H and O–H groups in total. The number of carboxylic acids is 1. The lowest BCUT2D eigenvalue weighted by molar-refractivity contribution is -0.136. The molecule has 1 heterocycles. The Kier molecular flexibility index (Phi) is 5.09. The van der Waals surface area contributed by atoms with Gasteiger partial charge in [0.05, 0.1) is 6.42 Å². The summed E-state index contributed by atoms with van der Waals surface area (Å²) in [6, 6.07) is 10.9. The van der Waals surface area contributed by atoms with Crippen molar-refractivity contribution in [2.45, 2.75) is 19.4 Å². The van der Waals surface area contributed by atoms with Gasteiger partial charge in [0.2, 0.25) is 5.91 Å². The number of nitrogens with zero attached hydrogens (tertiary/aromatic N) is 3. The molecule has 21 heavy (non-hydrogen) atoms. The maximum absolute atomic E-state index is 12.3. The van der Waals surface area contributed by atoms with Gasteiger partial charge >= 0.3 is 5.97 Å². The minimum atomic E-state index is -0.921. The average Bonchev–Trinajstić information content (AvgIpc) is 2.99. The van der Waals surface area contributed by atoms with Gasteiger partial charge in [-0.25, -0.2) is 0 Å². The Morgan fingerprint density at radius 3 is 2.52 bits per heavy atom. The molecule has 0 saturated carbocycles. The predicted molar refractivity (Wildman–Crippen MR) is 77.9 cm³/mol. The number of benzene rings is 1. The molecule has 1 amide bonds. The van der Waals surface area contributed by atoms with Crippen molar-refractivity contribution < 1.29 is 14.7 Å². The highest BCUT2D eigenvalue weighted by Gasteiger charge is 2.16. The normalized spacial score (nSPS) is 10.3. The molecule has 0 unspecified atom stereocenters. The second-order valence-electron chi connectivity index (χ2n) is 4.54. The molecular weight excluding hydrogens is 270 g/mol. The highest BCUT2D eigenvalue weighted by Crippen LogP contribution is 2.15. The fraction of sp³-hybridized carbons (Fsp3) is 0.267. The van der Waals surface area contributed by atoms with Crippen LogP contribution >= 0.6 is 0 Å². The van der Waals surface area contributed by atoms with E-state index in [-0.39, 0.29) is 25.3 Å². The summed E-state index contributed by atoms with van der Waals surface area (Å²) in [6.45, 7) is 0.638. The van der Waals surface area contributed by atoms with Crippen LogP contribution in [0.15, 0.2) is 48.8 Å². The number of carbonyl (C=O) groups excluding carboxylic acids is 1. The van der Waals surface area contributed by atoms with Gasteiger partial charge in [-0.3, -0.25) is 14.3 Å². The SMILES string of the molecule is O=C(O)CCN(C(=O)CCn1cccn1)c1ccccc1. The molecule has 0 radical (unpaired) electrons. The summed E-state index contributed by atoms with van der Waals surface area (Å²) < 4.78 is 1.68. The number of amides is 1. The Balaban J connectivity index is 2.03. The number of rotatable bonds is 7. The van der Waals surface area contributed by atoms with Gasteiger partial charge in [0.25, 0.3) is 0 Å². The van der Waals surface area contributed by atoms with Crippen molar-refractivity contribution in [3.05, 3.63) is 48.8 Å². The number of aromatic nitrogens is 2. The zero-order valence-electron chi connectivity index (χ0n) is 11.6. The molecule has 0 aliphatic carbocycles. The van der Waals surface area contributed by atoms with Crippen LogP contribution in [0.2, 0.25) is 0 Å². The molecule has 6 heteroatoms. The van der Waals surface area contributed by atoms with E-state index in [0.29, 0.717) is 12.2 Å². The van der Waals surface area contributed by atoms with E-state index in [9.17, 15) is 9.59 Å². The Bertz CT molecular complexity index is 581. The minimum absolute atomic E-state index is 0.0809. The van der Waals surface area contributed by atoms with Crippen LogP contribution in [-0.2, 0) is 16.1 Å². The molecule has 110 valence electrons. The first-order valence-corrected chi connectivity index (χ1v) is 6.71. The molecule has 2 aromatic rings. The van der Waals surface area contributed by atoms with E-state index in [1.807, 2.05) is 18.2 Å². The van der Waals surface area contributed by atoms with Gasteiger partial charge < -0.3 is 10.0 Å². The number of carboxylic acid groups (broad SMARTS) is 1. The van der Waals surface area contributed by atoms with Crippen LogP contribution in [0.4, 0.5) is 5.69 Å². The minimum Gasteiger partial charge on any atom is -0.481 e. The first-order chi connectivity index (χ1) is 10.2. The van der Waals surface area contributed by atoms with Crippen molar-refractivity contribution in [2.24, 2.45) is 0 Å². The summed E-state index contributed by atoms with van der Waals surface area (Å²) in [4.78, 5) is 24.6. The molecule has 0 fully saturated rings. The third-order valence-electron chi connectivity index (χ3n) is 3.03. The summed E-state index contributed by atoms with van der Waals surface area (Å²) in [5, 5.41) is 12.9. The zero-order valence-corrected chi connectivity index (χ0v) is 11.6. The quantitative estimate of drug-likeness (QED) is 0.842. The van der Waals surface area contributed by atoms with Gasteiger partial charge in [0.1, 0.15) is 0 Å². The van der Waals surface area contributed by atoms with E-state index >= 15 is 0 Å². The lowest BCUT2D eigenvalue weighted by Crippen LogP contribution is -2.33. The van der Waals surface area contributed by atoms with Gasteiger partial charge in [-0.15, -0.1) is 0 Å². The standard InChI is InChI=1S/C15H17N3O3/c19-14(7-11-17-10-4-9-16-17)18(12-8-15(20)21)13-5-2-1-3-6-13/h1-6,9-10H,7-8,11-12H2,(H,20,21). The largest absolute Gasteiger partial charge is 0.481 e. The van der Waals surface area contributed by atoms with Crippen LogP contribution in [0.5, 0.6) is 0 Å². The van der Waals surface area contributed by atoms with Crippen LogP contribution in [0.3, 0.4) is 0 Å². The molecule has 6 nitrogen and oxygen atoms in total. The number of anilines is 1. The fourth-order valence-electron chi connectivity index (χ4n) is 1.99. The van der Waals surface area contributed by atoms with Gasteiger partial charge in [0, 0.05) is 37.6 Å². The summed E-state index contributed by atoms with van der Waals surface area (Å²) in [7, 11) is 0. The maximum Gasteiger partial charge on any atom is 0.305 e. The van der Waals surface area contributed by atoms with E-state index in [0.717, 1.165) is 0 Å². The number of aryl methyl sites for hydroxylation is 1. The van der Waals surface area contributed by atoms with Crippen LogP contribution in [-0.4, -0.2) is 33.3 Å². The van der Waals surface area contributed by atoms with E-state index in [4.69, 9.17) is 5.11 Å². The lowest BCUT2D eigenvalue weighted by Gasteiger charge is -2.22.